The number of hydrogen-bond donors (Lipinski definition) is 2. The van der Waals surface area contributed by atoms with Crippen LogP contribution in [-0.2, 0) is 16.0 Å². The zero-order chi connectivity index (χ0) is 16.5. The highest BCUT2D eigenvalue weighted by Crippen LogP contribution is 2.21. The minimum absolute atomic E-state index is 0. The van der Waals surface area contributed by atoms with Crippen molar-refractivity contribution in [3.63, 3.8) is 0 Å². The van der Waals surface area contributed by atoms with Crippen LogP contribution < -0.4 is 10.6 Å². The SMILES string of the molecule is COCCNCCNC(=O)Cc1nc(-c2ccccc2)oc1C.Cl.Cl. The topological polar surface area (TPSA) is 76.4 Å². The summed E-state index contributed by atoms with van der Waals surface area (Å²) in [5, 5.41) is 6.03. The molecule has 0 unspecified atom stereocenters. The number of aryl methyl sites for hydroxylation is 1. The summed E-state index contributed by atoms with van der Waals surface area (Å²) in [6.07, 6.45) is 0.222. The molecule has 0 bridgehead atoms. The predicted octanol–water partition coefficient (Wildman–Crippen LogP) is 2.39. The molecule has 140 valence electrons. The first kappa shape index (κ1) is 23.4. The molecule has 0 saturated heterocycles. The molecule has 6 nitrogen and oxygen atoms in total. The number of carbonyl (C=O) groups is 1. The number of carbonyl (C=O) groups excluding carboxylic acids is 1. The van der Waals surface area contributed by atoms with E-state index >= 15 is 0 Å². The first-order chi connectivity index (χ1) is 11.2. The van der Waals surface area contributed by atoms with E-state index in [-0.39, 0.29) is 37.1 Å². The van der Waals surface area contributed by atoms with Gasteiger partial charge in [-0.15, -0.1) is 24.8 Å². The van der Waals surface area contributed by atoms with Gasteiger partial charge >= 0.3 is 0 Å². The Bertz CT molecular complexity index is 621. The minimum atomic E-state index is -0.0606. The molecule has 2 N–H and O–H groups in total. The molecule has 2 rings (SSSR count). The summed E-state index contributed by atoms with van der Waals surface area (Å²) < 4.78 is 10.6. The van der Waals surface area contributed by atoms with Crippen molar-refractivity contribution < 1.29 is 13.9 Å². The molecular formula is C17H25Cl2N3O3. The number of benzene rings is 1. The summed E-state index contributed by atoms with van der Waals surface area (Å²) >= 11 is 0. The van der Waals surface area contributed by atoms with Crippen LogP contribution in [0.4, 0.5) is 0 Å². The van der Waals surface area contributed by atoms with Crippen LogP contribution in [-0.4, -0.2) is 44.2 Å². The first-order valence-electron chi connectivity index (χ1n) is 7.68. The maximum atomic E-state index is 12.0. The van der Waals surface area contributed by atoms with Gasteiger partial charge in [0, 0.05) is 32.3 Å². The highest BCUT2D eigenvalue weighted by Gasteiger charge is 2.14. The summed E-state index contributed by atoms with van der Waals surface area (Å²) in [5.74, 6) is 1.17. The third kappa shape index (κ3) is 7.88. The zero-order valence-corrected chi connectivity index (χ0v) is 16.0. The third-order valence-electron chi connectivity index (χ3n) is 3.35. The minimum Gasteiger partial charge on any atom is -0.441 e. The average molecular weight is 390 g/mol. The molecule has 0 saturated carbocycles. The zero-order valence-electron chi connectivity index (χ0n) is 14.4. The Morgan fingerprint density at radius 1 is 1.16 bits per heavy atom. The first-order valence-corrected chi connectivity index (χ1v) is 7.68. The predicted molar refractivity (Wildman–Crippen MR) is 103 cm³/mol. The lowest BCUT2D eigenvalue weighted by atomic mass is 10.2. The van der Waals surface area contributed by atoms with E-state index < -0.39 is 0 Å². The van der Waals surface area contributed by atoms with E-state index in [1.807, 2.05) is 37.3 Å². The van der Waals surface area contributed by atoms with Gasteiger partial charge in [-0.3, -0.25) is 4.79 Å². The molecule has 0 aliphatic carbocycles. The van der Waals surface area contributed by atoms with E-state index in [0.29, 0.717) is 37.0 Å². The van der Waals surface area contributed by atoms with Crippen LogP contribution >= 0.6 is 24.8 Å². The van der Waals surface area contributed by atoms with Gasteiger partial charge in [0.2, 0.25) is 11.8 Å². The van der Waals surface area contributed by atoms with Gasteiger partial charge in [0.05, 0.1) is 18.7 Å². The molecule has 1 heterocycles. The van der Waals surface area contributed by atoms with Crippen LogP contribution in [0, 0.1) is 6.92 Å². The van der Waals surface area contributed by atoms with E-state index in [1.165, 1.54) is 0 Å². The molecule has 0 aliphatic rings. The molecule has 0 spiro atoms. The molecule has 1 aromatic heterocycles. The summed E-state index contributed by atoms with van der Waals surface area (Å²) in [7, 11) is 1.66. The van der Waals surface area contributed by atoms with Crippen molar-refractivity contribution in [2.75, 3.05) is 33.4 Å². The molecule has 0 radical (unpaired) electrons. The summed E-state index contributed by atoms with van der Waals surface area (Å²) in [6.45, 7) is 4.55. The fourth-order valence-electron chi connectivity index (χ4n) is 2.10. The van der Waals surface area contributed by atoms with E-state index in [1.54, 1.807) is 7.11 Å². The highest BCUT2D eigenvalue weighted by molar-refractivity contribution is 5.85. The number of methoxy groups -OCH3 is 1. The number of aromatic nitrogens is 1. The summed E-state index contributed by atoms with van der Waals surface area (Å²) in [6, 6.07) is 9.66. The van der Waals surface area contributed by atoms with Crippen molar-refractivity contribution in [1.29, 1.82) is 0 Å². The quantitative estimate of drug-likeness (QED) is 0.643. The fourth-order valence-corrected chi connectivity index (χ4v) is 2.10. The normalized spacial score (nSPS) is 9.84. The van der Waals surface area contributed by atoms with E-state index in [0.717, 1.165) is 12.1 Å². The number of halogens is 2. The van der Waals surface area contributed by atoms with Crippen molar-refractivity contribution >= 4 is 30.7 Å². The molecular weight excluding hydrogens is 365 g/mol. The monoisotopic (exact) mass is 389 g/mol. The number of hydrogen-bond acceptors (Lipinski definition) is 5. The largest absolute Gasteiger partial charge is 0.441 e. The van der Waals surface area contributed by atoms with Gasteiger partial charge in [-0.2, -0.15) is 0 Å². The van der Waals surface area contributed by atoms with E-state index in [2.05, 4.69) is 15.6 Å². The van der Waals surface area contributed by atoms with E-state index in [9.17, 15) is 4.79 Å². The van der Waals surface area contributed by atoms with Crippen LogP contribution in [0.15, 0.2) is 34.7 Å². The summed E-state index contributed by atoms with van der Waals surface area (Å²) in [5.41, 5.74) is 1.58. The molecule has 0 fully saturated rings. The van der Waals surface area contributed by atoms with Crippen LogP contribution in [0.1, 0.15) is 11.5 Å². The molecule has 1 aromatic carbocycles. The van der Waals surface area contributed by atoms with Crippen molar-refractivity contribution in [3.05, 3.63) is 41.8 Å². The van der Waals surface area contributed by atoms with Gasteiger partial charge in [0.1, 0.15) is 5.76 Å². The van der Waals surface area contributed by atoms with Crippen LogP contribution in [0.2, 0.25) is 0 Å². The Labute approximate surface area is 160 Å². The van der Waals surface area contributed by atoms with Gasteiger partial charge in [0.25, 0.3) is 0 Å². The van der Waals surface area contributed by atoms with Crippen LogP contribution in [0.25, 0.3) is 11.5 Å². The number of oxazole rings is 1. The molecule has 25 heavy (non-hydrogen) atoms. The Morgan fingerprint density at radius 3 is 2.56 bits per heavy atom. The van der Waals surface area contributed by atoms with Crippen molar-refractivity contribution in [2.24, 2.45) is 0 Å². The lowest BCUT2D eigenvalue weighted by Gasteiger charge is -2.05. The van der Waals surface area contributed by atoms with Crippen LogP contribution in [0.5, 0.6) is 0 Å². The maximum absolute atomic E-state index is 12.0. The molecule has 1 amide bonds. The van der Waals surface area contributed by atoms with Gasteiger partial charge in [-0.05, 0) is 19.1 Å². The standard InChI is InChI=1S/C17H23N3O3.2ClH/c1-13-15(12-16(21)19-9-8-18-10-11-22-2)20-17(23-13)14-6-4-3-5-7-14;;/h3-7,18H,8-12H2,1-2H3,(H,19,21);2*1H. The van der Waals surface area contributed by atoms with Crippen molar-refractivity contribution in [3.8, 4) is 11.5 Å². The molecule has 8 heteroatoms. The Morgan fingerprint density at radius 2 is 1.88 bits per heavy atom. The lowest BCUT2D eigenvalue weighted by Crippen LogP contribution is -2.34. The summed E-state index contributed by atoms with van der Waals surface area (Å²) in [4.78, 5) is 16.4. The highest BCUT2D eigenvalue weighted by atomic mass is 35.5. The van der Waals surface area contributed by atoms with E-state index in [4.69, 9.17) is 9.15 Å². The van der Waals surface area contributed by atoms with Crippen LogP contribution in [0.3, 0.4) is 0 Å². The van der Waals surface area contributed by atoms with Gasteiger partial charge < -0.3 is 19.8 Å². The molecule has 2 aromatic rings. The Balaban J connectivity index is 0.00000288. The Kier molecular flexibility index (Phi) is 11.9. The number of rotatable bonds is 9. The van der Waals surface area contributed by atoms with Crippen molar-refractivity contribution in [1.82, 2.24) is 15.6 Å². The number of amides is 1. The van der Waals surface area contributed by atoms with Crippen molar-refractivity contribution in [2.45, 2.75) is 13.3 Å². The second kappa shape index (κ2) is 12.7. The third-order valence-corrected chi connectivity index (χ3v) is 3.35. The number of nitrogens with zero attached hydrogens (tertiary/aromatic N) is 1. The second-order valence-electron chi connectivity index (χ2n) is 5.16. The van der Waals surface area contributed by atoms with Gasteiger partial charge in [-0.1, -0.05) is 18.2 Å². The number of ether oxygens (including phenoxy) is 1. The maximum Gasteiger partial charge on any atom is 0.226 e. The smallest absolute Gasteiger partial charge is 0.226 e. The number of nitrogens with one attached hydrogen (secondary N) is 2. The molecule has 0 aliphatic heterocycles. The van der Waals surface area contributed by atoms with Gasteiger partial charge in [0.15, 0.2) is 0 Å². The Hall–Kier alpha value is -1.60. The van der Waals surface area contributed by atoms with Gasteiger partial charge in [-0.25, -0.2) is 4.98 Å². The fraction of sp³-hybridized carbons (Fsp3) is 0.412. The average Bonchev–Trinajstić information content (AvgIpc) is 2.92. The second-order valence-corrected chi connectivity index (χ2v) is 5.16. The lowest BCUT2D eigenvalue weighted by molar-refractivity contribution is -0.120. The molecule has 0 atom stereocenters.